The average molecular weight is 277 g/mol. The largest absolute Gasteiger partial charge is 0.360 e. The molecule has 1 aliphatic carbocycles. The smallest absolute Gasteiger partial charge is 0.276 e. The number of carbonyl (C=O) groups is 1. The number of fused-ring (bicyclic) bond motifs is 1. The van der Waals surface area contributed by atoms with Crippen LogP contribution in [0.2, 0.25) is 0 Å². The molecule has 1 aromatic heterocycles. The second-order valence-electron chi connectivity index (χ2n) is 6.06. The van der Waals surface area contributed by atoms with Crippen molar-refractivity contribution in [3.05, 3.63) is 17.0 Å². The third-order valence-corrected chi connectivity index (χ3v) is 4.57. The Bertz CT molecular complexity index is 495. The second-order valence-corrected chi connectivity index (χ2v) is 6.06. The van der Waals surface area contributed by atoms with Crippen LogP contribution in [0.3, 0.4) is 0 Å². The topological polar surface area (TPSA) is 72.4 Å². The Kier molecular flexibility index (Phi) is 3.78. The van der Waals surface area contributed by atoms with Crippen molar-refractivity contribution in [3.63, 3.8) is 0 Å². The van der Waals surface area contributed by atoms with Crippen LogP contribution in [0.5, 0.6) is 0 Å². The molecule has 2 unspecified atom stereocenters. The van der Waals surface area contributed by atoms with Gasteiger partial charge < -0.3 is 15.2 Å². The Hall–Kier alpha value is -1.36. The molecule has 1 amide bonds. The van der Waals surface area contributed by atoms with Gasteiger partial charge in [0.25, 0.3) is 5.91 Å². The highest BCUT2D eigenvalue weighted by Crippen LogP contribution is 2.27. The number of carbonyl (C=O) groups excluding carboxylic acids is 1. The molecule has 0 radical (unpaired) electrons. The first-order valence-corrected chi connectivity index (χ1v) is 7.72. The summed E-state index contributed by atoms with van der Waals surface area (Å²) in [6.45, 7) is 2.77. The van der Waals surface area contributed by atoms with Gasteiger partial charge in [-0.05, 0) is 45.4 Å². The molecular weight excluding hydrogens is 254 g/mol. The molecule has 5 nitrogen and oxygen atoms in total. The van der Waals surface area contributed by atoms with Gasteiger partial charge in [0.05, 0.1) is 0 Å². The minimum atomic E-state index is 0.00183. The summed E-state index contributed by atoms with van der Waals surface area (Å²) in [6, 6.07) is 0.133. The Morgan fingerprint density at radius 1 is 1.35 bits per heavy atom. The zero-order valence-corrected chi connectivity index (χ0v) is 12.1. The number of amides is 1. The van der Waals surface area contributed by atoms with E-state index in [1.165, 1.54) is 0 Å². The van der Waals surface area contributed by atoms with Gasteiger partial charge >= 0.3 is 0 Å². The molecule has 110 valence electrons. The van der Waals surface area contributed by atoms with E-state index < -0.39 is 0 Å². The lowest BCUT2D eigenvalue weighted by molar-refractivity contribution is 0.0572. The molecule has 2 atom stereocenters. The summed E-state index contributed by atoms with van der Waals surface area (Å²) < 4.78 is 5.37. The van der Waals surface area contributed by atoms with Gasteiger partial charge in [0.1, 0.15) is 5.76 Å². The highest BCUT2D eigenvalue weighted by atomic mass is 16.5. The molecule has 0 aromatic carbocycles. The van der Waals surface area contributed by atoms with Crippen LogP contribution in [-0.4, -0.2) is 34.6 Å². The summed E-state index contributed by atoms with van der Waals surface area (Å²) in [5, 5.41) is 4.06. The Labute approximate surface area is 119 Å². The molecule has 0 bridgehead atoms. The first kappa shape index (κ1) is 13.6. The third-order valence-electron chi connectivity index (χ3n) is 4.57. The van der Waals surface area contributed by atoms with Gasteiger partial charge in [0.2, 0.25) is 0 Å². The normalized spacial score (nSPS) is 24.3. The average Bonchev–Trinajstić information content (AvgIpc) is 2.90. The van der Waals surface area contributed by atoms with Crippen LogP contribution >= 0.6 is 0 Å². The maximum Gasteiger partial charge on any atom is 0.276 e. The molecule has 2 aliphatic rings. The first-order valence-electron chi connectivity index (χ1n) is 7.72. The summed E-state index contributed by atoms with van der Waals surface area (Å²) >= 11 is 0. The number of rotatable bonds is 2. The Morgan fingerprint density at radius 2 is 2.15 bits per heavy atom. The number of piperidine rings is 1. The van der Waals surface area contributed by atoms with E-state index in [9.17, 15) is 4.79 Å². The maximum absolute atomic E-state index is 12.8. The molecule has 1 saturated heterocycles. The zero-order valence-electron chi connectivity index (χ0n) is 12.1. The van der Waals surface area contributed by atoms with Gasteiger partial charge in [-0.3, -0.25) is 4.79 Å². The van der Waals surface area contributed by atoms with Gasteiger partial charge in [0.15, 0.2) is 5.69 Å². The Balaban J connectivity index is 1.85. The predicted octanol–water partition coefficient (Wildman–Crippen LogP) is 1.90. The van der Waals surface area contributed by atoms with Crippen molar-refractivity contribution < 1.29 is 9.32 Å². The van der Waals surface area contributed by atoms with Crippen molar-refractivity contribution in [2.75, 3.05) is 6.54 Å². The fourth-order valence-corrected chi connectivity index (χ4v) is 3.44. The lowest BCUT2D eigenvalue weighted by atomic mass is 9.93. The first-order chi connectivity index (χ1) is 9.68. The van der Waals surface area contributed by atoms with Gasteiger partial charge in [-0.2, -0.15) is 0 Å². The highest BCUT2D eigenvalue weighted by molar-refractivity contribution is 5.94. The van der Waals surface area contributed by atoms with E-state index >= 15 is 0 Å². The van der Waals surface area contributed by atoms with Gasteiger partial charge in [0, 0.05) is 30.6 Å². The molecule has 2 N–H and O–H groups in total. The van der Waals surface area contributed by atoms with E-state index in [0.717, 1.165) is 62.8 Å². The summed E-state index contributed by atoms with van der Waals surface area (Å²) in [6.07, 6.45) is 7.25. The van der Waals surface area contributed by atoms with Crippen molar-refractivity contribution in [2.24, 2.45) is 5.73 Å². The quantitative estimate of drug-likeness (QED) is 0.896. The monoisotopic (exact) mass is 277 g/mol. The number of aromatic nitrogens is 1. The fourth-order valence-electron chi connectivity index (χ4n) is 3.44. The number of hydrogen-bond donors (Lipinski definition) is 1. The van der Waals surface area contributed by atoms with Crippen LogP contribution in [0.1, 0.15) is 60.8 Å². The minimum absolute atomic E-state index is 0.00183. The molecule has 0 saturated carbocycles. The molecule has 1 aliphatic heterocycles. The lowest BCUT2D eigenvalue weighted by Gasteiger charge is -2.37. The number of hydrogen-bond acceptors (Lipinski definition) is 4. The van der Waals surface area contributed by atoms with Crippen LogP contribution in [0.15, 0.2) is 4.52 Å². The fraction of sp³-hybridized carbons (Fsp3) is 0.733. The molecular formula is C15H23N3O2. The van der Waals surface area contributed by atoms with Gasteiger partial charge in [-0.25, -0.2) is 0 Å². The minimum Gasteiger partial charge on any atom is -0.360 e. The van der Waals surface area contributed by atoms with Crippen LogP contribution in [0, 0.1) is 0 Å². The molecule has 0 spiro atoms. The second kappa shape index (κ2) is 5.56. The lowest BCUT2D eigenvalue weighted by Crippen LogP contribution is -2.51. The SMILES string of the molecule is CC(N)C1CCCCN1C(=O)c1noc2c1CCCC2. The highest BCUT2D eigenvalue weighted by Gasteiger charge is 2.33. The van der Waals surface area contributed by atoms with E-state index in [0.29, 0.717) is 5.69 Å². The van der Waals surface area contributed by atoms with Crippen LogP contribution in [0.4, 0.5) is 0 Å². The number of likely N-dealkylation sites (tertiary alicyclic amines) is 1. The van der Waals surface area contributed by atoms with Crippen molar-refractivity contribution in [1.29, 1.82) is 0 Å². The van der Waals surface area contributed by atoms with Crippen molar-refractivity contribution in [2.45, 2.75) is 64.0 Å². The predicted molar refractivity (Wildman–Crippen MR) is 75.5 cm³/mol. The van der Waals surface area contributed by atoms with E-state index in [1.807, 2.05) is 11.8 Å². The van der Waals surface area contributed by atoms with E-state index in [2.05, 4.69) is 5.16 Å². The molecule has 2 heterocycles. The van der Waals surface area contributed by atoms with Crippen LogP contribution in [-0.2, 0) is 12.8 Å². The standard InChI is InChI=1S/C15H23N3O2/c1-10(16)12-7-4-5-9-18(12)15(19)14-11-6-2-3-8-13(11)20-17-14/h10,12H,2-9,16H2,1H3. The van der Waals surface area contributed by atoms with Gasteiger partial charge in [-0.15, -0.1) is 0 Å². The van der Waals surface area contributed by atoms with Crippen molar-refractivity contribution in [1.82, 2.24) is 10.1 Å². The number of nitrogens with two attached hydrogens (primary N) is 1. The van der Waals surface area contributed by atoms with E-state index in [4.69, 9.17) is 10.3 Å². The third kappa shape index (κ3) is 2.35. The van der Waals surface area contributed by atoms with E-state index in [1.54, 1.807) is 0 Å². The summed E-state index contributed by atoms with van der Waals surface area (Å²) in [5.41, 5.74) is 7.62. The van der Waals surface area contributed by atoms with Crippen LogP contribution in [0.25, 0.3) is 0 Å². The molecule has 1 fully saturated rings. The maximum atomic E-state index is 12.8. The Morgan fingerprint density at radius 3 is 2.95 bits per heavy atom. The summed E-state index contributed by atoms with van der Waals surface area (Å²) in [5.74, 6) is 0.924. The summed E-state index contributed by atoms with van der Waals surface area (Å²) in [4.78, 5) is 14.7. The number of aryl methyl sites for hydroxylation is 1. The van der Waals surface area contributed by atoms with Crippen LogP contribution < -0.4 is 5.73 Å². The van der Waals surface area contributed by atoms with E-state index in [-0.39, 0.29) is 18.0 Å². The van der Waals surface area contributed by atoms with Crippen molar-refractivity contribution >= 4 is 5.91 Å². The zero-order chi connectivity index (χ0) is 14.1. The molecule has 20 heavy (non-hydrogen) atoms. The molecule has 1 aromatic rings. The molecule has 3 rings (SSSR count). The summed E-state index contributed by atoms with van der Waals surface area (Å²) in [7, 11) is 0. The van der Waals surface area contributed by atoms with Crippen molar-refractivity contribution in [3.8, 4) is 0 Å². The number of nitrogens with zero attached hydrogens (tertiary/aromatic N) is 2. The van der Waals surface area contributed by atoms with Gasteiger partial charge in [-0.1, -0.05) is 5.16 Å². The molecule has 5 heteroatoms.